The van der Waals surface area contributed by atoms with E-state index in [1.807, 2.05) is 49.4 Å². The second-order valence-electron chi connectivity index (χ2n) is 6.52. The Morgan fingerprint density at radius 3 is 2.38 bits per heavy atom. The summed E-state index contributed by atoms with van der Waals surface area (Å²) in [7, 11) is 0. The highest BCUT2D eigenvalue weighted by Crippen LogP contribution is 2.25. The number of hydrogen-bond acceptors (Lipinski definition) is 2. The lowest BCUT2D eigenvalue weighted by molar-refractivity contribution is -0.122. The van der Waals surface area contributed by atoms with Gasteiger partial charge in [-0.25, -0.2) is 0 Å². The van der Waals surface area contributed by atoms with Crippen LogP contribution in [0.3, 0.4) is 0 Å². The van der Waals surface area contributed by atoms with E-state index in [4.69, 9.17) is 5.73 Å². The van der Waals surface area contributed by atoms with Gasteiger partial charge in [0.2, 0.25) is 5.91 Å². The summed E-state index contributed by atoms with van der Waals surface area (Å²) in [5.41, 5.74) is 8.32. The van der Waals surface area contributed by atoms with Crippen molar-refractivity contribution in [3.8, 4) is 0 Å². The number of nitrogens with zero attached hydrogens (tertiary/aromatic N) is 1. The van der Waals surface area contributed by atoms with Crippen molar-refractivity contribution in [2.45, 2.75) is 13.3 Å². The monoisotopic (exact) mass is 322 g/mol. The topological polar surface area (TPSA) is 63.4 Å². The minimum atomic E-state index is -0.324. The Labute approximate surface area is 142 Å². The van der Waals surface area contributed by atoms with Gasteiger partial charge in [0.1, 0.15) is 0 Å². The van der Waals surface area contributed by atoms with Crippen molar-refractivity contribution >= 4 is 11.8 Å². The highest BCUT2D eigenvalue weighted by Gasteiger charge is 2.36. The maximum atomic E-state index is 12.9. The number of amides is 2. The summed E-state index contributed by atoms with van der Waals surface area (Å²) >= 11 is 0. The molecule has 24 heavy (non-hydrogen) atoms. The van der Waals surface area contributed by atoms with Crippen molar-refractivity contribution in [1.29, 1.82) is 0 Å². The summed E-state index contributed by atoms with van der Waals surface area (Å²) in [6.45, 7) is 2.96. The largest absolute Gasteiger partial charge is 0.369 e. The van der Waals surface area contributed by atoms with Crippen LogP contribution in [0.15, 0.2) is 54.6 Å². The van der Waals surface area contributed by atoms with Crippen LogP contribution < -0.4 is 5.73 Å². The molecular weight excluding hydrogens is 300 g/mol. The highest BCUT2D eigenvalue weighted by molar-refractivity contribution is 5.96. The van der Waals surface area contributed by atoms with Crippen LogP contribution in [0.4, 0.5) is 0 Å². The van der Waals surface area contributed by atoms with Gasteiger partial charge < -0.3 is 10.6 Å². The Bertz CT molecular complexity index is 742. The lowest BCUT2D eigenvalue weighted by Gasteiger charge is -2.18. The first-order valence-electron chi connectivity index (χ1n) is 8.26. The van der Waals surface area contributed by atoms with Crippen molar-refractivity contribution in [2.75, 3.05) is 13.1 Å². The lowest BCUT2D eigenvalue weighted by Crippen LogP contribution is -2.32. The maximum Gasteiger partial charge on any atom is 0.254 e. The van der Waals surface area contributed by atoms with Gasteiger partial charge in [-0.05, 0) is 29.5 Å². The van der Waals surface area contributed by atoms with Gasteiger partial charge in [0, 0.05) is 18.7 Å². The number of carbonyl (C=O) groups excluding carboxylic acids is 2. The Kier molecular flexibility index (Phi) is 4.65. The van der Waals surface area contributed by atoms with Crippen LogP contribution in [-0.2, 0) is 11.2 Å². The number of benzene rings is 2. The van der Waals surface area contributed by atoms with Gasteiger partial charge in [0.25, 0.3) is 5.91 Å². The molecule has 4 nitrogen and oxygen atoms in total. The molecule has 1 aliphatic rings. The quantitative estimate of drug-likeness (QED) is 0.940. The maximum absolute atomic E-state index is 12.9. The molecule has 1 aliphatic heterocycles. The smallest absolute Gasteiger partial charge is 0.254 e. The molecule has 1 heterocycles. The normalized spacial score (nSPS) is 20.1. The first-order chi connectivity index (χ1) is 11.6. The van der Waals surface area contributed by atoms with Crippen molar-refractivity contribution in [2.24, 2.45) is 17.6 Å². The van der Waals surface area contributed by atoms with E-state index in [0.717, 1.165) is 5.56 Å². The molecule has 2 aromatic rings. The van der Waals surface area contributed by atoms with Crippen LogP contribution >= 0.6 is 0 Å². The van der Waals surface area contributed by atoms with Gasteiger partial charge in [-0.2, -0.15) is 0 Å². The van der Waals surface area contributed by atoms with Crippen LogP contribution in [0, 0.1) is 11.8 Å². The van der Waals surface area contributed by atoms with Crippen molar-refractivity contribution in [3.05, 3.63) is 71.3 Å². The third kappa shape index (κ3) is 3.32. The summed E-state index contributed by atoms with van der Waals surface area (Å²) in [4.78, 5) is 26.2. The van der Waals surface area contributed by atoms with E-state index in [0.29, 0.717) is 25.1 Å². The molecule has 0 aliphatic carbocycles. The molecule has 4 heteroatoms. The number of carbonyl (C=O) groups is 2. The van der Waals surface area contributed by atoms with Crippen LogP contribution in [0.25, 0.3) is 0 Å². The summed E-state index contributed by atoms with van der Waals surface area (Å²) in [6.07, 6.45) is 0.714. The second-order valence-corrected chi connectivity index (χ2v) is 6.52. The van der Waals surface area contributed by atoms with Crippen LogP contribution in [0.1, 0.15) is 28.4 Å². The molecule has 0 unspecified atom stereocenters. The molecule has 2 atom stereocenters. The molecule has 124 valence electrons. The molecule has 2 aromatic carbocycles. The second kappa shape index (κ2) is 6.87. The minimum Gasteiger partial charge on any atom is -0.369 e. The van der Waals surface area contributed by atoms with E-state index < -0.39 is 0 Å². The first-order valence-corrected chi connectivity index (χ1v) is 8.26. The third-order valence-electron chi connectivity index (χ3n) is 4.75. The van der Waals surface area contributed by atoms with E-state index in [1.54, 1.807) is 4.90 Å². The van der Waals surface area contributed by atoms with E-state index in [2.05, 4.69) is 12.1 Å². The molecule has 0 saturated carbocycles. The summed E-state index contributed by atoms with van der Waals surface area (Å²) < 4.78 is 0. The van der Waals surface area contributed by atoms with E-state index >= 15 is 0 Å². The first kappa shape index (κ1) is 16.2. The molecule has 2 N–H and O–H groups in total. The lowest BCUT2D eigenvalue weighted by atomic mass is 9.98. The fraction of sp³-hybridized carbons (Fsp3) is 0.300. The molecule has 0 aromatic heterocycles. The number of likely N-dealkylation sites (tertiary alicyclic amines) is 1. The average Bonchev–Trinajstić information content (AvgIpc) is 2.98. The van der Waals surface area contributed by atoms with Crippen molar-refractivity contribution < 1.29 is 9.59 Å². The Morgan fingerprint density at radius 1 is 1.04 bits per heavy atom. The number of nitrogens with two attached hydrogens (primary N) is 1. The standard InChI is InChI=1S/C20H22N2O2/c1-14-12-22(13-18(14)19(21)23)20(24)17-10-6-5-9-16(17)11-15-7-3-2-4-8-15/h2-10,14,18H,11-13H2,1H3,(H2,21,23)/t14-,18-/m1/s1. The number of primary amides is 1. The number of hydrogen-bond donors (Lipinski definition) is 1. The Morgan fingerprint density at radius 2 is 1.71 bits per heavy atom. The van der Waals surface area contributed by atoms with Gasteiger partial charge in [-0.1, -0.05) is 55.5 Å². The Balaban J connectivity index is 1.82. The van der Waals surface area contributed by atoms with E-state index in [9.17, 15) is 9.59 Å². The molecule has 1 fully saturated rings. The van der Waals surface area contributed by atoms with Gasteiger partial charge in [0.15, 0.2) is 0 Å². The molecule has 0 radical (unpaired) electrons. The predicted molar refractivity (Wildman–Crippen MR) is 93.4 cm³/mol. The highest BCUT2D eigenvalue weighted by atomic mass is 16.2. The van der Waals surface area contributed by atoms with Crippen LogP contribution in [0.5, 0.6) is 0 Å². The Hall–Kier alpha value is -2.62. The van der Waals surface area contributed by atoms with E-state index in [-0.39, 0.29) is 23.7 Å². The molecule has 0 bridgehead atoms. The fourth-order valence-electron chi connectivity index (χ4n) is 3.37. The van der Waals surface area contributed by atoms with Gasteiger partial charge in [0.05, 0.1) is 5.92 Å². The number of rotatable bonds is 4. The predicted octanol–water partition coefficient (Wildman–Crippen LogP) is 2.47. The van der Waals surface area contributed by atoms with Crippen LogP contribution in [-0.4, -0.2) is 29.8 Å². The zero-order valence-electron chi connectivity index (χ0n) is 13.8. The SMILES string of the molecule is C[C@@H]1CN(C(=O)c2ccccc2Cc2ccccc2)C[C@H]1C(N)=O. The van der Waals surface area contributed by atoms with Gasteiger partial charge >= 0.3 is 0 Å². The minimum absolute atomic E-state index is 0.0165. The zero-order valence-corrected chi connectivity index (χ0v) is 13.8. The molecule has 1 saturated heterocycles. The molecule has 2 amide bonds. The summed E-state index contributed by atoms with van der Waals surface area (Å²) in [5.74, 6) is -0.490. The zero-order chi connectivity index (χ0) is 17.1. The van der Waals surface area contributed by atoms with Crippen LogP contribution in [0.2, 0.25) is 0 Å². The third-order valence-corrected chi connectivity index (χ3v) is 4.75. The molecular formula is C20H22N2O2. The summed E-state index contributed by atoms with van der Waals surface area (Å²) in [6, 6.07) is 17.8. The van der Waals surface area contributed by atoms with Gasteiger partial charge in [-0.3, -0.25) is 9.59 Å². The van der Waals surface area contributed by atoms with Crippen molar-refractivity contribution in [3.63, 3.8) is 0 Å². The molecule has 3 rings (SSSR count). The summed E-state index contributed by atoms with van der Waals surface area (Å²) in [5, 5.41) is 0. The van der Waals surface area contributed by atoms with E-state index in [1.165, 1.54) is 5.56 Å². The van der Waals surface area contributed by atoms with Gasteiger partial charge in [-0.15, -0.1) is 0 Å². The average molecular weight is 322 g/mol. The molecule has 0 spiro atoms. The van der Waals surface area contributed by atoms with Crippen molar-refractivity contribution in [1.82, 2.24) is 4.90 Å². The fourth-order valence-corrected chi connectivity index (χ4v) is 3.37.